The molecule has 0 aliphatic heterocycles. The molecule has 2 aromatic rings. The van der Waals surface area contributed by atoms with E-state index in [4.69, 9.17) is 4.74 Å². The van der Waals surface area contributed by atoms with Gasteiger partial charge < -0.3 is 9.64 Å². The van der Waals surface area contributed by atoms with Gasteiger partial charge in [0.25, 0.3) is 0 Å². The van der Waals surface area contributed by atoms with Crippen LogP contribution in [0.25, 0.3) is 0 Å². The number of rotatable bonds is 6. The van der Waals surface area contributed by atoms with E-state index in [0.717, 1.165) is 17.4 Å². The molecule has 0 heterocycles. The van der Waals surface area contributed by atoms with Gasteiger partial charge in [0.15, 0.2) is 0 Å². The van der Waals surface area contributed by atoms with Gasteiger partial charge in [-0.1, -0.05) is 35.9 Å². The van der Waals surface area contributed by atoms with Gasteiger partial charge >= 0.3 is 6.18 Å². The summed E-state index contributed by atoms with van der Waals surface area (Å²) in [5, 5.41) is 0. The maximum atomic E-state index is 13.2. The number of alkyl halides is 3. The summed E-state index contributed by atoms with van der Waals surface area (Å²) in [7, 11) is 1.66. The molecule has 1 aliphatic carbocycles. The molecule has 1 aliphatic rings. The van der Waals surface area contributed by atoms with Crippen LogP contribution in [0.2, 0.25) is 0 Å². The first-order chi connectivity index (χ1) is 12.8. The van der Waals surface area contributed by atoms with E-state index in [-0.39, 0.29) is 17.4 Å². The van der Waals surface area contributed by atoms with Crippen molar-refractivity contribution in [3.63, 3.8) is 0 Å². The van der Waals surface area contributed by atoms with Crippen LogP contribution in [0.5, 0.6) is 5.75 Å². The van der Waals surface area contributed by atoms with Crippen molar-refractivity contribution in [3.05, 3.63) is 65.2 Å². The van der Waals surface area contributed by atoms with Crippen molar-refractivity contribution in [1.82, 2.24) is 4.90 Å². The van der Waals surface area contributed by atoms with Crippen molar-refractivity contribution in [2.45, 2.75) is 25.4 Å². The fourth-order valence-electron chi connectivity index (χ4n) is 3.22. The minimum absolute atomic E-state index is 0.135. The Hall–Kier alpha value is -2.50. The van der Waals surface area contributed by atoms with Crippen LogP contribution in [0.3, 0.4) is 0 Å². The molecular weight excluding hydrogens is 355 g/mol. The number of hydrogen-bond acceptors (Lipinski definition) is 2. The first-order valence-electron chi connectivity index (χ1n) is 8.88. The van der Waals surface area contributed by atoms with E-state index in [1.54, 1.807) is 13.1 Å². The van der Waals surface area contributed by atoms with Gasteiger partial charge in [0.2, 0.25) is 5.91 Å². The summed E-state index contributed by atoms with van der Waals surface area (Å²) < 4.78 is 45.1. The molecular formula is C21H22F3NO2. The number of carbonyl (C=O) groups excluding carboxylic acids is 1. The zero-order valence-corrected chi connectivity index (χ0v) is 15.3. The second-order valence-corrected chi connectivity index (χ2v) is 6.96. The van der Waals surface area contributed by atoms with Crippen molar-refractivity contribution in [2.24, 2.45) is 5.92 Å². The number of benzene rings is 2. The van der Waals surface area contributed by atoms with Crippen molar-refractivity contribution in [2.75, 3.05) is 20.2 Å². The largest absolute Gasteiger partial charge is 0.492 e. The van der Waals surface area contributed by atoms with Gasteiger partial charge in [-0.3, -0.25) is 4.79 Å². The minimum Gasteiger partial charge on any atom is -0.492 e. The Labute approximate surface area is 156 Å². The SMILES string of the molecule is Cc1ccc(OCCN(C)C(=O)C2CC2c2ccccc2C(F)(F)F)cc1. The van der Waals surface area contributed by atoms with Gasteiger partial charge in [0.05, 0.1) is 12.1 Å². The normalized spacial score (nSPS) is 18.9. The van der Waals surface area contributed by atoms with Crippen molar-refractivity contribution >= 4 is 5.91 Å². The lowest BCUT2D eigenvalue weighted by Gasteiger charge is -2.18. The highest BCUT2D eigenvalue weighted by atomic mass is 19.4. The van der Waals surface area contributed by atoms with Crippen LogP contribution in [-0.4, -0.2) is 31.0 Å². The summed E-state index contributed by atoms with van der Waals surface area (Å²) >= 11 is 0. The molecule has 0 spiro atoms. The average Bonchev–Trinajstić information content (AvgIpc) is 3.42. The smallest absolute Gasteiger partial charge is 0.416 e. The van der Waals surface area contributed by atoms with Gasteiger partial charge in [-0.15, -0.1) is 0 Å². The predicted octanol–water partition coefficient (Wildman–Crippen LogP) is 4.65. The molecule has 1 fully saturated rings. The lowest BCUT2D eigenvalue weighted by atomic mass is 10.0. The highest BCUT2D eigenvalue weighted by Gasteiger charge is 2.48. The zero-order valence-electron chi connectivity index (χ0n) is 15.3. The van der Waals surface area contributed by atoms with E-state index in [1.807, 2.05) is 31.2 Å². The van der Waals surface area contributed by atoms with Gasteiger partial charge in [-0.25, -0.2) is 0 Å². The zero-order chi connectivity index (χ0) is 19.6. The molecule has 2 aromatic carbocycles. The molecule has 1 amide bonds. The maximum Gasteiger partial charge on any atom is 0.416 e. The van der Waals surface area contributed by atoms with Crippen LogP contribution in [-0.2, 0) is 11.0 Å². The Morgan fingerprint density at radius 1 is 1.15 bits per heavy atom. The third-order valence-corrected chi connectivity index (χ3v) is 4.87. The summed E-state index contributed by atoms with van der Waals surface area (Å²) in [6.07, 6.45) is -3.95. The molecule has 0 radical (unpaired) electrons. The summed E-state index contributed by atoms with van der Waals surface area (Å²) in [6, 6.07) is 13.1. The molecule has 1 saturated carbocycles. The molecule has 3 rings (SSSR count). The summed E-state index contributed by atoms with van der Waals surface area (Å²) in [5.74, 6) is -0.164. The lowest BCUT2D eigenvalue weighted by molar-refractivity contribution is -0.138. The molecule has 2 atom stereocenters. The van der Waals surface area contributed by atoms with E-state index in [9.17, 15) is 18.0 Å². The Morgan fingerprint density at radius 3 is 2.48 bits per heavy atom. The van der Waals surface area contributed by atoms with E-state index in [1.165, 1.54) is 17.0 Å². The van der Waals surface area contributed by atoms with Crippen LogP contribution in [0, 0.1) is 12.8 Å². The van der Waals surface area contributed by atoms with Gasteiger partial charge in [0, 0.05) is 13.0 Å². The molecule has 0 N–H and O–H groups in total. The van der Waals surface area contributed by atoms with Crippen LogP contribution in [0.1, 0.15) is 29.0 Å². The fourth-order valence-corrected chi connectivity index (χ4v) is 3.22. The Balaban J connectivity index is 1.54. The number of likely N-dealkylation sites (N-methyl/N-ethyl adjacent to an activating group) is 1. The van der Waals surface area contributed by atoms with Crippen LogP contribution in [0.4, 0.5) is 13.2 Å². The third kappa shape index (κ3) is 4.62. The number of carbonyl (C=O) groups is 1. The number of hydrogen-bond donors (Lipinski definition) is 0. The standard InChI is InChI=1S/C21H22F3NO2/c1-14-7-9-15(10-8-14)27-12-11-25(2)20(26)18-13-17(18)16-5-3-4-6-19(16)21(22,23)24/h3-10,17-18H,11-13H2,1-2H3. The first-order valence-corrected chi connectivity index (χ1v) is 8.88. The number of amides is 1. The fraction of sp³-hybridized carbons (Fsp3) is 0.381. The van der Waals surface area contributed by atoms with Crippen LogP contribution in [0.15, 0.2) is 48.5 Å². The minimum atomic E-state index is -4.40. The summed E-state index contributed by atoms with van der Waals surface area (Å²) in [6.45, 7) is 2.71. The molecule has 0 saturated heterocycles. The molecule has 6 heteroatoms. The summed E-state index contributed by atoms with van der Waals surface area (Å²) in [4.78, 5) is 14.1. The first kappa shape index (κ1) is 19.3. The lowest BCUT2D eigenvalue weighted by Crippen LogP contribution is -2.32. The van der Waals surface area contributed by atoms with Crippen molar-refractivity contribution in [3.8, 4) is 5.75 Å². The molecule has 2 unspecified atom stereocenters. The highest BCUT2D eigenvalue weighted by Crippen LogP contribution is 2.51. The molecule has 0 aromatic heterocycles. The topological polar surface area (TPSA) is 29.5 Å². The number of aryl methyl sites for hydroxylation is 1. The molecule has 144 valence electrons. The Kier molecular flexibility index (Phi) is 5.44. The monoisotopic (exact) mass is 377 g/mol. The average molecular weight is 377 g/mol. The van der Waals surface area contributed by atoms with Gasteiger partial charge in [-0.05, 0) is 43.0 Å². The van der Waals surface area contributed by atoms with E-state index in [0.29, 0.717) is 19.6 Å². The molecule has 3 nitrogen and oxygen atoms in total. The van der Waals surface area contributed by atoms with Gasteiger partial charge in [-0.2, -0.15) is 13.2 Å². The van der Waals surface area contributed by atoms with E-state index in [2.05, 4.69) is 0 Å². The van der Waals surface area contributed by atoms with Crippen molar-refractivity contribution in [1.29, 1.82) is 0 Å². The Bertz CT molecular complexity index is 802. The predicted molar refractivity (Wildman–Crippen MR) is 96.6 cm³/mol. The van der Waals surface area contributed by atoms with Crippen molar-refractivity contribution < 1.29 is 22.7 Å². The van der Waals surface area contributed by atoms with Crippen LogP contribution < -0.4 is 4.74 Å². The third-order valence-electron chi connectivity index (χ3n) is 4.87. The van der Waals surface area contributed by atoms with Crippen LogP contribution >= 0.6 is 0 Å². The maximum absolute atomic E-state index is 13.2. The molecule has 27 heavy (non-hydrogen) atoms. The second kappa shape index (κ2) is 7.62. The number of nitrogens with zero attached hydrogens (tertiary/aromatic N) is 1. The van der Waals surface area contributed by atoms with Gasteiger partial charge in [0.1, 0.15) is 12.4 Å². The van der Waals surface area contributed by atoms with E-state index >= 15 is 0 Å². The Morgan fingerprint density at radius 2 is 1.81 bits per heavy atom. The van der Waals surface area contributed by atoms with E-state index < -0.39 is 17.7 Å². The highest BCUT2D eigenvalue weighted by molar-refractivity contribution is 5.83. The molecule has 0 bridgehead atoms. The summed E-state index contributed by atoms with van der Waals surface area (Å²) in [5.41, 5.74) is 0.705. The number of halogens is 3. The second-order valence-electron chi connectivity index (χ2n) is 6.96. The quantitative estimate of drug-likeness (QED) is 0.733. The number of ether oxygens (including phenoxy) is 1.